The average Bonchev–Trinajstić information content (AvgIpc) is 3.00. The van der Waals surface area contributed by atoms with Crippen molar-refractivity contribution < 1.29 is 9.59 Å². The number of carbonyl (C=O) groups excluding carboxylic acids is 2. The lowest BCUT2D eigenvalue weighted by Crippen LogP contribution is -2.26. The third kappa shape index (κ3) is 3.60. The second-order valence-electron chi connectivity index (χ2n) is 6.26. The van der Waals surface area contributed by atoms with E-state index in [0.29, 0.717) is 18.7 Å². The molecule has 5 heteroatoms. The van der Waals surface area contributed by atoms with Gasteiger partial charge in [-0.15, -0.1) is 0 Å². The summed E-state index contributed by atoms with van der Waals surface area (Å²) in [6, 6.07) is 13.1. The number of aromatic nitrogens is 2. The van der Waals surface area contributed by atoms with Gasteiger partial charge in [0.1, 0.15) is 5.69 Å². The molecule has 0 aliphatic heterocycles. The van der Waals surface area contributed by atoms with Crippen LogP contribution in [-0.4, -0.2) is 27.9 Å². The van der Waals surface area contributed by atoms with Crippen LogP contribution in [0.15, 0.2) is 54.9 Å². The van der Waals surface area contributed by atoms with Crippen LogP contribution in [0.4, 0.5) is 0 Å². The molecule has 0 fully saturated rings. The molecular formula is C20H21N3O2. The van der Waals surface area contributed by atoms with Crippen molar-refractivity contribution >= 4 is 22.7 Å². The fraction of sp³-hybridized carbons (Fsp3) is 0.250. The Morgan fingerprint density at radius 3 is 2.60 bits per heavy atom. The van der Waals surface area contributed by atoms with Crippen LogP contribution in [0.2, 0.25) is 0 Å². The van der Waals surface area contributed by atoms with E-state index in [1.54, 1.807) is 29.0 Å². The van der Waals surface area contributed by atoms with Gasteiger partial charge in [-0.2, -0.15) is 0 Å². The normalized spacial score (nSPS) is 11.0. The Kier molecular flexibility index (Phi) is 4.93. The van der Waals surface area contributed by atoms with E-state index in [1.807, 2.05) is 44.3 Å². The highest BCUT2D eigenvalue weighted by Crippen LogP contribution is 2.22. The van der Waals surface area contributed by atoms with E-state index in [0.717, 1.165) is 16.5 Å². The van der Waals surface area contributed by atoms with Crippen LogP contribution in [0.5, 0.6) is 0 Å². The maximum atomic E-state index is 12.4. The van der Waals surface area contributed by atoms with Crippen molar-refractivity contribution in [3.8, 4) is 0 Å². The van der Waals surface area contributed by atoms with E-state index in [-0.39, 0.29) is 17.7 Å². The second-order valence-corrected chi connectivity index (χ2v) is 6.26. The molecule has 0 bridgehead atoms. The maximum absolute atomic E-state index is 12.4. The Balaban J connectivity index is 1.76. The molecule has 5 nitrogen and oxygen atoms in total. The first kappa shape index (κ1) is 16.9. The Bertz CT molecular complexity index is 898. The predicted octanol–water partition coefficient (Wildman–Crippen LogP) is 3.31. The average molecular weight is 335 g/mol. The fourth-order valence-corrected chi connectivity index (χ4v) is 2.81. The summed E-state index contributed by atoms with van der Waals surface area (Å²) in [5.74, 6) is -0.199. The zero-order chi connectivity index (χ0) is 17.8. The largest absolute Gasteiger partial charge is 0.350 e. The van der Waals surface area contributed by atoms with Gasteiger partial charge in [-0.05, 0) is 30.2 Å². The van der Waals surface area contributed by atoms with Crippen LogP contribution < -0.4 is 5.32 Å². The van der Waals surface area contributed by atoms with Crippen LogP contribution in [0.3, 0.4) is 0 Å². The zero-order valence-corrected chi connectivity index (χ0v) is 14.4. The van der Waals surface area contributed by atoms with E-state index >= 15 is 0 Å². The zero-order valence-electron chi connectivity index (χ0n) is 14.4. The first-order valence-corrected chi connectivity index (χ1v) is 8.40. The number of hydrogen-bond donors (Lipinski definition) is 1. The fourth-order valence-electron chi connectivity index (χ4n) is 2.81. The van der Waals surface area contributed by atoms with Gasteiger partial charge in [0.2, 0.25) is 5.91 Å². The molecule has 1 aromatic carbocycles. The van der Waals surface area contributed by atoms with Crippen molar-refractivity contribution in [3.05, 3.63) is 66.1 Å². The molecule has 0 atom stereocenters. The van der Waals surface area contributed by atoms with Crippen molar-refractivity contribution in [2.75, 3.05) is 6.54 Å². The molecule has 0 spiro atoms. The van der Waals surface area contributed by atoms with Gasteiger partial charge in [-0.1, -0.05) is 38.1 Å². The Labute approximate surface area is 146 Å². The number of para-hydroxylation sites is 1. The van der Waals surface area contributed by atoms with Crippen LogP contribution in [-0.2, 0) is 6.42 Å². The van der Waals surface area contributed by atoms with E-state index in [9.17, 15) is 9.59 Å². The first-order chi connectivity index (χ1) is 12.1. The molecule has 3 rings (SSSR count). The van der Waals surface area contributed by atoms with Gasteiger partial charge in [0, 0.05) is 30.2 Å². The van der Waals surface area contributed by atoms with E-state index < -0.39 is 0 Å². The third-order valence-electron chi connectivity index (χ3n) is 4.10. The topological polar surface area (TPSA) is 64.0 Å². The van der Waals surface area contributed by atoms with Gasteiger partial charge in [0.25, 0.3) is 5.91 Å². The molecule has 0 aliphatic rings. The Morgan fingerprint density at radius 2 is 1.88 bits per heavy atom. The predicted molar refractivity (Wildman–Crippen MR) is 97.7 cm³/mol. The summed E-state index contributed by atoms with van der Waals surface area (Å²) in [6.07, 6.45) is 4.14. The SMILES string of the molecule is CC(C)C(=O)n1cc(CCNC(=O)c2ccccn2)c2ccccc21. The summed E-state index contributed by atoms with van der Waals surface area (Å²) in [5.41, 5.74) is 2.36. The highest BCUT2D eigenvalue weighted by Gasteiger charge is 2.16. The minimum Gasteiger partial charge on any atom is -0.350 e. The van der Waals surface area contributed by atoms with Gasteiger partial charge in [0.15, 0.2) is 0 Å². The van der Waals surface area contributed by atoms with E-state index in [4.69, 9.17) is 0 Å². The lowest BCUT2D eigenvalue weighted by molar-refractivity contribution is 0.0859. The number of benzene rings is 1. The monoisotopic (exact) mass is 335 g/mol. The number of rotatable bonds is 5. The number of fused-ring (bicyclic) bond motifs is 1. The van der Waals surface area contributed by atoms with Crippen molar-refractivity contribution in [1.29, 1.82) is 0 Å². The Morgan fingerprint density at radius 1 is 1.12 bits per heavy atom. The number of carbonyl (C=O) groups is 2. The van der Waals surface area contributed by atoms with Gasteiger partial charge in [-0.3, -0.25) is 19.1 Å². The van der Waals surface area contributed by atoms with Crippen molar-refractivity contribution in [1.82, 2.24) is 14.9 Å². The molecule has 1 N–H and O–H groups in total. The van der Waals surface area contributed by atoms with Crippen LogP contribution in [0.1, 0.15) is 34.7 Å². The van der Waals surface area contributed by atoms with Gasteiger partial charge < -0.3 is 5.32 Å². The highest BCUT2D eigenvalue weighted by molar-refractivity contribution is 5.95. The summed E-state index contributed by atoms with van der Waals surface area (Å²) < 4.78 is 1.72. The number of hydrogen-bond acceptors (Lipinski definition) is 3. The highest BCUT2D eigenvalue weighted by atomic mass is 16.2. The quantitative estimate of drug-likeness (QED) is 0.778. The summed E-state index contributed by atoms with van der Waals surface area (Å²) in [4.78, 5) is 28.5. The summed E-state index contributed by atoms with van der Waals surface area (Å²) >= 11 is 0. The standard InChI is InChI=1S/C20H21N3O2/c1-14(2)20(25)23-13-15(16-7-3-4-9-18(16)23)10-12-22-19(24)17-8-5-6-11-21-17/h3-9,11,13-14H,10,12H2,1-2H3,(H,22,24). The van der Waals surface area contributed by atoms with E-state index in [2.05, 4.69) is 10.3 Å². The Hall–Kier alpha value is -2.95. The van der Waals surface area contributed by atoms with Crippen LogP contribution >= 0.6 is 0 Å². The first-order valence-electron chi connectivity index (χ1n) is 8.40. The molecule has 2 aromatic heterocycles. The molecular weight excluding hydrogens is 314 g/mol. The molecule has 128 valence electrons. The van der Waals surface area contributed by atoms with Crippen molar-refractivity contribution in [3.63, 3.8) is 0 Å². The minimum atomic E-state index is -0.192. The summed E-state index contributed by atoms with van der Waals surface area (Å²) in [5, 5.41) is 3.92. The molecule has 0 unspecified atom stereocenters. The number of pyridine rings is 1. The van der Waals surface area contributed by atoms with Crippen molar-refractivity contribution in [2.24, 2.45) is 5.92 Å². The van der Waals surface area contributed by atoms with Gasteiger partial charge in [-0.25, -0.2) is 0 Å². The summed E-state index contributed by atoms with van der Waals surface area (Å²) in [7, 11) is 0. The molecule has 2 heterocycles. The van der Waals surface area contributed by atoms with Crippen molar-refractivity contribution in [2.45, 2.75) is 20.3 Å². The lowest BCUT2D eigenvalue weighted by Gasteiger charge is -2.06. The molecule has 1 amide bonds. The van der Waals surface area contributed by atoms with Crippen LogP contribution in [0, 0.1) is 5.92 Å². The smallest absolute Gasteiger partial charge is 0.269 e. The molecule has 0 saturated carbocycles. The molecule has 3 aromatic rings. The second kappa shape index (κ2) is 7.30. The molecule has 0 aliphatic carbocycles. The van der Waals surface area contributed by atoms with E-state index in [1.165, 1.54) is 0 Å². The third-order valence-corrected chi connectivity index (χ3v) is 4.10. The summed E-state index contributed by atoms with van der Waals surface area (Å²) in [6.45, 7) is 4.27. The number of amides is 1. The molecule has 25 heavy (non-hydrogen) atoms. The minimum absolute atomic E-state index is 0.0694. The number of nitrogens with one attached hydrogen (secondary N) is 1. The van der Waals surface area contributed by atoms with Gasteiger partial charge in [0.05, 0.1) is 5.52 Å². The molecule has 0 saturated heterocycles. The molecule has 0 radical (unpaired) electrons. The lowest BCUT2D eigenvalue weighted by atomic mass is 10.1. The van der Waals surface area contributed by atoms with Gasteiger partial charge >= 0.3 is 0 Å². The van der Waals surface area contributed by atoms with Crippen LogP contribution in [0.25, 0.3) is 10.9 Å². The maximum Gasteiger partial charge on any atom is 0.269 e. The number of nitrogens with zero attached hydrogens (tertiary/aromatic N) is 2.